The van der Waals surface area contributed by atoms with E-state index in [0.717, 1.165) is 11.1 Å². The van der Waals surface area contributed by atoms with Crippen LogP contribution in [0.15, 0.2) is 82.0 Å². The minimum absolute atomic E-state index is 0.0278. The van der Waals surface area contributed by atoms with E-state index in [2.05, 4.69) is 5.32 Å². The average Bonchev–Trinajstić information content (AvgIpc) is 2.66. The van der Waals surface area contributed by atoms with Crippen molar-refractivity contribution in [2.75, 3.05) is 5.32 Å². The summed E-state index contributed by atoms with van der Waals surface area (Å²) in [4.78, 5) is 12.2. The number of benzene rings is 3. The molecule has 5 heteroatoms. The molecule has 0 saturated carbocycles. The molecule has 0 bridgehead atoms. The monoisotopic (exact) mass is 347 g/mol. The molecule has 4 nitrogen and oxygen atoms in total. The van der Waals surface area contributed by atoms with Crippen LogP contribution in [0.25, 0.3) is 22.1 Å². The predicted molar refractivity (Wildman–Crippen MR) is 99.3 cm³/mol. The fraction of sp³-hybridized carbons (Fsp3) is 0. The number of para-hydroxylation sites is 1. The lowest BCUT2D eigenvalue weighted by Crippen LogP contribution is -2.07. The van der Waals surface area contributed by atoms with Crippen LogP contribution in [0.2, 0.25) is 0 Å². The molecule has 0 atom stereocenters. The predicted octanol–water partition coefficient (Wildman–Crippen LogP) is 5.05. The van der Waals surface area contributed by atoms with Crippen molar-refractivity contribution >= 4 is 22.3 Å². The number of aromatic hydroxyl groups is 1. The van der Waals surface area contributed by atoms with Gasteiger partial charge in [0.1, 0.15) is 11.4 Å². The molecule has 0 aliphatic heterocycles. The molecule has 26 heavy (non-hydrogen) atoms. The second-order valence-electron chi connectivity index (χ2n) is 5.82. The normalized spacial score (nSPS) is 10.8. The summed E-state index contributed by atoms with van der Waals surface area (Å²) in [5.74, 6) is -0.467. The number of nitrogens with one attached hydrogen (secondary N) is 1. The number of halogens is 1. The number of hydrogen-bond donors (Lipinski definition) is 2. The lowest BCUT2D eigenvalue weighted by molar-refractivity contribution is 0.472. The van der Waals surface area contributed by atoms with Gasteiger partial charge in [-0.25, -0.2) is 9.18 Å². The molecular weight excluding hydrogens is 333 g/mol. The standard InChI is InChI=1S/C21H14FNO3/c22-15-10-8-13(9-11-15)14-4-3-5-16(12-14)23-19-20(24)17-6-1-2-7-18(17)26-21(19)25/h1-12,23-24H. The van der Waals surface area contributed by atoms with E-state index < -0.39 is 5.63 Å². The van der Waals surface area contributed by atoms with Gasteiger partial charge in [0.15, 0.2) is 11.4 Å². The van der Waals surface area contributed by atoms with Crippen molar-refractivity contribution in [3.8, 4) is 16.9 Å². The summed E-state index contributed by atoms with van der Waals surface area (Å²) >= 11 is 0. The van der Waals surface area contributed by atoms with Crippen molar-refractivity contribution in [3.05, 3.63) is 89.0 Å². The molecule has 1 aromatic heterocycles. The van der Waals surface area contributed by atoms with Gasteiger partial charge in [-0.05, 0) is 47.5 Å². The Labute approximate surface area is 148 Å². The highest BCUT2D eigenvalue weighted by molar-refractivity contribution is 5.89. The summed E-state index contributed by atoms with van der Waals surface area (Å²) in [5, 5.41) is 13.8. The van der Waals surface area contributed by atoms with Crippen molar-refractivity contribution in [1.29, 1.82) is 0 Å². The van der Waals surface area contributed by atoms with Crippen LogP contribution in [0.4, 0.5) is 15.8 Å². The van der Waals surface area contributed by atoms with E-state index in [1.165, 1.54) is 12.1 Å². The van der Waals surface area contributed by atoms with Gasteiger partial charge in [0, 0.05) is 5.69 Å². The summed E-state index contributed by atoms with van der Waals surface area (Å²) < 4.78 is 18.4. The van der Waals surface area contributed by atoms with Gasteiger partial charge in [-0.1, -0.05) is 36.4 Å². The van der Waals surface area contributed by atoms with Gasteiger partial charge < -0.3 is 14.8 Å². The molecule has 0 spiro atoms. The SMILES string of the molecule is O=c1oc2ccccc2c(O)c1Nc1cccc(-c2ccc(F)cc2)c1. The summed E-state index contributed by atoms with van der Waals surface area (Å²) in [6, 6.07) is 20.2. The average molecular weight is 347 g/mol. The number of rotatable bonds is 3. The molecule has 4 rings (SSSR count). The topological polar surface area (TPSA) is 62.5 Å². The summed E-state index contributed by atoms with van der Waals surface area (Å²) in [7, 11) is 0. The Balaban J connectivity index is 1.74. The van der Waals surface area contributed by atoms with Crippen molar-refractivity contribution in [2.24, 2.45) is 0 Å². The Kier molecular flexibility index (Phi) is 3.89. The Morgan fingerprint density at radius 1 is 0.885 bits per heavy atom. The first kappa shape index (κ1) is 15.9. The van der Waals surface area contributed by atoms with Crippen LogP contribution in [0, 0.1) is 5.82 Å². The van der Waals surface area contributed by atoms with E-state index >= 15 is 0 Å². The van der Waals surface area contributed by atoms with Gasteiger partial charge in [-0.2, -0.15) is 0 Å². The Morgan fingerprint density at radius 2 is 1.65 bits per heavy atom. The lowest BCUT2D eigenvalue weighted by atomic mass is 10.1. The number of hydrogen-bond acceptors (Lipinski definition) is 4. The third kappa shape index (κ3) is 2.91. The van der Waals surface area contributed by atoms with Gasteiger partial charge in [-0.3, -0.25) is 0 Å². The molecule has 0 unspecified atom stereocenters. The second-order valence-corrected chi connectivity index (χ2v) is 5.82. The lowest BCUT2D eigenvalue weighted by Gasteiger charge is -2.10. The first-order valence-electron chi connectivity index (χ1n) is 8.00. The molecule has 0 aliphatic rings. The van der Waals surface area contributed by atoms with E-state index in [4.69, 9.17) is 4.42 Å². The van der Waals surface area contributed by atoms with Crippen molar-refractivity contribution in [2.45, 2.75) is 0 Å². The quantitative estimate of drug-likeness (QED) is 0.509. The molecule has 3 aromatic carbocycles. The molecule has 0 fully saturated rings. The van der Waals surface area contributed by atoms with Crippen LogP contribution < -0.4 is 10.9 Å². The number of fused-ring (bicyclic) bond motifs is 1. The highest BCUT2D eigenvalue weighted by atomic mass is 19.1. The minimum atomic E-state index is -0.659. The summed E-state index contributed by atoms with van der Waals surface area (Å²) in [6.45, 7) is 0. The maximum Gasteiger partial charge on any atom is 0.364 e. The fourth-order valence-corrected chi connectivity index (χ4v) is 2.81. The van der Waals surface area contributed by atoms with Crippen molar-refractivity contribution < 1.29 is 13.9 Å². The van der Waals surface area contributed by atoms with Crippen molar-refractivity contribution in [1.82, 2.24) is 0 Å². The molecule has 1 heterocycles. The van der Waals surface area contributed by atoms with Crippen LogP contribution in [0.5, 0.6) is 5.75 Å². The Bertz CT molecular complexity index is 1150. The van der Waals surface area contributed by atoms with Gasteiger partial charge in [0.25, 0.3) is 0 Å². The smallest absolute Gasteiger partial charge is 0.364 e. The Hall–Kier alpha value is -3.60. The zero-order chi connectivity index (χ0) is 18.1. The molecule has 2 N–H and O–H groups in total. The zero-order valence-corrected chi connectivity index (χ0v) is 13.6. The van der Waals surface area contributed by atoms with E-state index in [0.29, 0.717) is 16.7 Å². The largest absolute Gasteiger partial charge is 0.505 e. The maximum atomic E-state index is 13.1. The first-order valence-corrected chi connectivity index (χ1v) is 8.00. The highest BCUT2D eigenvalue weighted by Crippen LogP contribution is 2.32. The summed E-state index contributed by atoms with van der Waals surface area (Å²) in [6.07, 6.45) is 0. The van der Waals surface area contributed by atoms with Crippen LogP contribution in [-0.2, 0) is 0 Å². The van der Waals surface area contributed by atoms with E-state index in [1.54, 1.807) is 54.6 Å². The Morgan fingerprint density at radius 3 is 2.46 bits per heavy atom. The third-order valence-electron chi connectivity index (χ3n) is 4.10. The molecule has 0 saturated heterocycles. The fourth-order valence-electron chi connectivity index (χ4n) is 2.81. The van der Waals surface area contributed by atoms with Crippen LogP contribution in [0.1, 0.15) is 0 Å². The zero-order valence-electron chi connectivity index (χ0n) is 13.6. The van der Waals surface area contributed by atoms with Gasteiger partial charge in [-0.15, -0.1) is 0 Å². The number of anilines is 2. The molecule has 0 radical (unpaired) electrons. The minimum Gasteiger partial charge on any atom is -0.505 e. The molecule has 0 amide bonds. The van der Waals surface area contributed by atoms with Gasteiger partial charge in [0.05, 0.1) is 5.39 Å². The van der Waals surface area contributed by atoms with E-state index in [1.807, 2.05) is 6.07 Å². The first-order chi connectivity index (χ1) is 12.6. The molecule has 0 aliphatic carbocycles. The van der Waals surface area contributed by atoms with Crippen molar-refractivity contribution in [3.63, 3.8) is 0 Å². The van der Waals surface area contributed by atoms with E-state index in [9.17, 15) is 14.3 Å². The van der Waals surface area contributed by atoms with Crippen LogP contribution >= 0.6 is 0 Å². The second kappa shape index (κ2) is 6.37. The third-order valence-corrected chi connectivity index (χ3v) is 4.10. The maximum absolute atomic E-state index is 13.1. The van der Waals surface area contributed by atoms with Gasteiger partial charge in [0.2, 0.25) is 0 Å². The molecule has 128 valence electrons. The summed E-state index contributed by atoms with van der Waals surface area (Å²) in [5.41, 5.74) is 1.92. The van der Waals surface area contributed by atoms with E-state index in [-0.39, 0.29) is 17.3 Å². The van der Waals surface area contributed by atoms with Gasteiger partial charge >= 0.3 is 5.63 Å². The highest BCUT2D eigenvalue weighted by Gasteiger charge is 2.14. The van der Waals surface area contributed by atoms with Crippen LogP contribution in [-0.4, -0.2) is 5.11 Å². The molecular formula is C21H14FNO3. The molecule has 4 aromatic rings. The van der Waals surface area contributed by atoms with Crippen LogP contribution in [0.3, 0.4) is 0 Å².